The number of carbonyl (C=O) groups excluding carboxylic acids is 2. The molecular weight excluding hydrogens is 390 g/mol. The Hall–Kier alpha value is -3.45. The van der Waals surface area contributed by atoms with Gasteiger partial charge in [-0.3, -0.25) is 9.69 Å². The first-order valence-corrected chi connectivity index (χ1v) is 10.4. The van der Waals surface area contributed by atoms with Gasteiger partial charge in [0.25, 0.3) is 5.91 Å². The molecule has 1 aliphatic rings. The van der Waals surface area contributed by atoms with Crippen molar-refractivity contribution in [2.45, 2.75) is 31.8 Å². The number of urea groups is 1. The molecule has 1 atom stereocenters. The average Bonchev–Trinajstić information content (AvgIpc) is 3.32. The van der Waals surface area contributed by atoms with E-state index in [9.17, 15) is 9.59 Å². The van der Waals surface area contributed by atoms with Crippen molar-refractivity contribution in [3.8, 4) is 5.69 Å². The summed E-state index contributed by atoms with van der Waals surface area (Å²) in [6.45, 7) is 2.60. The molecule has 0 saturated carbocycles. The molecule has 0 spiro atoms. The second kappa shape index (κ2) is 8.73. The second-order valence-electron chi connectivity index (χ2n) is 8.27. The van der Waals surface area contributed by atoms with E-state index in [0.717, 1.165) is 23.2 Å². The molecular formula is C24H27N5O2. The molecule has 1 aliphatic heterocycles. The van der Waals surface area contributed by atoms with Crippen molar-refractivity contribution in [1.82, 2.24) is 24.9 Å². The van der Waals surface area contributed by atoms with Gasteiger partial charge in [-0.05, 0) is 44.5 Å². The summed E-state index contributed by atoms with van der Waals surface area (Å²) >= 11 is 0. The normalized spacial score (nSPS) is 18.6. The first kappa shape index (κ1) is 20.8. The fraction of sp³-hybridized carbons (Fsp3) is 0.292. The number of imide groups is 1. The van der Waals surface area contributed by atoms with Gasteiger partial charge in [0.1, 0.15) is 5.54 Å². The Morgan fingerprint density at radius 3 is 2.39 bits per heavy atom. The minimum atomic E-state index is -0.883. The smallest absolute Gasteiger partial charge is 0.323 e. The molecule has 2 heterocycles. The minimum absolute atomic E-state index is 0.180. The van der Waals surface area contributed by atoms with Gasteiger partial charge in [0.05, 0.1) is 18.6 Å². The Kier molecular flexibility index (Phi) is 5.86. The third-order valence-corrected chi connectivity index (χ3v) is 5.59. The number of aryl methyl sites for hydroxylation is 1. The van der Waals surface area contributed by atoms with Crippen LogP contribution in [0.15, 0.2) is 73.1 Å². The van der Waals surface area contributed by atoms with Gasteiger partial charge >= 0.3 is 6.03 Å². The van der Waals surface area contributed by atoms with Gasteiger partial charge in [-0.15, -0.1) is 0 Å². The molecule has 4 rings (SSSR count). The summed E-state index contributed by atoms with van der Waals surface area (Å²) in [5, 5.41) is 7.30. The Morgan fingerprint density at radius 2 is 1.68 bits per heavy atom. The lowest BCUT2D eigenvalue weighted by molar-refractivity contribution is -0.132. The van der Waals surface area contributed by atoms with E-state index in [0.29, 0.717) is 13.0 Å². The molecule has 2 aromatic carbocycles. The summed E-state index contributed by atoms with van der Waals surface area (Å²) in [6.07, 6.45) is 5.05. The number of carbonyl (C=O) groups is 2. The van der Waals surface area contributed by atoms with Gasteiger partial charge in [0.2, 0.25) is 0 Å². The average molecular weight is 418 g/mol. The number of hydrogen-bond donors (Lipinski definition) is 1. The van der Waals surface area contributed by atoms with Crippen LogP contribution in [-0.4, -0.2) is 50.8 Å². The molecule has 160 valence electrons. The molecule has 1 aromatic heterocycles. The topological polar surface area (TPSA) is 70.5 Å². The van der Waals surface area contributed by atoms with E-state index in [1.54, 1.807) is 13.1 Å². The largest absolute Gasteiger partial charge is 0.326 e. The summed E-state index contributed by atoms with van der Waals surface area (Å²) < 4.78 is 1.82. The van der Waals surface area contributed by atoms with E-state index in [2.05, 4.69) is 10.4 Å². The number of nitrogens with one attached hydrogen (secondary N) is 1. The Bertz CT molecular complexity index is 1050. The van der Waals surface area contributed by atoms with Crippen molar-refractivity contribution in [3.63, 3.8) is 0 Å². The molecule has 31 heavy (non-hydrogen) atoms. The summed E-state index contributed by atoms with van der Waals surface area (Å²) in [5.41, 5.74) is 2.26. The second-order valence-corrected chi connectivity index (χ2v) is 8.27. The van der Waals surface area contributed by atoms with Crippen molar-refractivity contribution in [2.75, 3.05) is 13.7 Å². The van der Waals surface area contributed by atoms with Crippen molar-refractivity contribution >= 4 is 11.9 Å². The number of para-hydroxylation sites is 1. The molecule has 0 unspecified atom stereocenters. The predicted molar refractivity (Wildman–Crippen MR) is 118 cm³/mol. The molecule has 0 aliphatic carbocycles. The molecule has 3 aromatic rings. The molecule has 0 bridgehead atoms. The van der Waals surface area contributed by atoms with Gasteiger partial charge in [-0.1, -0.05) is 48.5 Å². The number of benzene rings is 2. The molecule has 0 radical (unpaired) electrons. The maximum absolute atomic E-state index is 13.0. The number of rotatable bonds is 8. The number of amides is 3. The highest BCUT2D eigenvalue weighted by atomic mass is 16.2. The lowest BCUT2D eigenvalue weighted by Gasteiger charge is -2.24. The van der Waals surface area contributed by atoms with Crippen LogP contribution in [0.4, 0.5) is 4.79 Å². The van der Waals surface area contributed by atoms with E-state index in [1.807, 2.05) is 83.5 Å². The predicted octanol–water partition coefficient (Wildman–Crippen LogP) is 3.20. The van der Waals surface area contributed by atoms with Crippen molar-refractivity contribution in [1.29, 1.82) is 0 Å². The van der Waals surface area contributed by atoms with Crippen molar-refractivity contribution in [3.05, 3.63) is 84.2 Å². The van der Waals surface area contributed by atoms with Gasteiger partial charge in [-0.2, -0.15) is 5.10 Å². The number of aromatic nitrogens is 2. The SMILES string of the molecule is CN(Cc1cnn(-c2ccccc2)c1)CN1C(=O)N[C@](C)(CCc2ccccc2)C1=O. The van der Waals surface area contributed by atoms with E-state index < -0.39 is 5.54 Å². The van der Waals surface area contributed by atoms with Gasteiger partial charge in [0.15, 0.2) is 0 Å². The van der Waals surface area contributed by atoms with Crippen LogP contribution in [0.2, 0.25) is 0 Å². The molecule has 1 fully saturated rings. The highest BCUT2D eigenvalue weighted by Crippen LogP contribution is 2.23. The Balaban J connectivity index is 1.36. The summed E-state index contributed by atoms with van der Waals surface area (Å²) in [6, 6.07) is 19.5. The zero-order valence-corrected chi connectivity index (χ0v) is 17.9. The van der Waals surface area contributed by atoms with Crippen LogP contribution < -0.4 is 5.32 Å². The third-order valence-electron chi connectivity index (χ3n) is 5.59. The van der Waals surface area contributed by atoms with Crippen LogP contribution in [-0.2, 0) is 17.8 Å². The van der Waals surface area contributed by atoms with Gasteiger partial charge in [0, 0.05) is 18.3 Å². The number of hydrogen-bond acceptors (Lipinski definition) is 4. The maximum Gasteiger partial charge on any atom is 0.326 e. The minimum Gasteiger partial charge on any atom is -0.323 e. The Labute approximate surface area is 182 Å². The zero-order chi connectivity index (χ0) is 21.8. The van der Waals surface area contributed by atoms with Crippen LogP contribution in [0.1, 0.15) is 24.5 Å². The van der Waals surface area contributed by atoms with Crippen LogP contribution in [0.3, 0.4) is 0 Å². The summed E-state index contributed by atoms with van der Waals surface area (Å²) in [4.78, 5) is 28.8. The monoisotopic (exact) mass is 417 g/mol. The fourth-order valence-electron chi connectivity index (χ4n) is 3.85. The highest BCUT2D eigenvalue weighted by molar-refractivity contribution is 6.06. The van der Waals surface area contributed by atoms with Gasteiger partial charge in [-0.25, -0.2) is 14.4 Å². The Morgan fingerprint density at radius 1 is 1.00 bits per heavy atom. The van der Waals surface area contributed by atoms with Crippen LogP contribution in [0.25, 0.3) is 5.69 Å². The quantitative estimate of drug-likeness (QED) is 0.572. The van der Waals surface area contributed by atoms with Crippen LogP contribution in [0.5, 0.6) is 0 Å². The van der Waals surface area contributed by atoms with Crippen molar-refractivity contribution < 1.29 is 9.59 Å². The fourth-order valence-corrected chi connectivity index (χ4v) is 3.85. The summed E-state index contributed by atoms with van der Waals surface area (Å²) in [7, 11) is 1.89. The third kappa shape index (κ3) is 4.67. The first-order valence-electron chi connectivity index (χ1n) is 10.4. The summed E-state index contributed by atoms with van der Waals surface area (Å²) in [5.74, 6) is -0.180. The number of nitrogens with zero attached hydrogens (tertiary/aromatic N) is 4. The van der Waals surface area contributed by atoms with Crippen molar-refractivity contribution in [2.24, 2.45) is 0 Å². The van der Waals surface area contributed by atoms with Crippen LogP contribution in [0, 0.1) is 0 Å². The standard InChI is InChI=1S/C24H27N5O2/c1-24(14-13-19-9-5-3-6-10-19)22(30)28(23(31)26-24)18-27(2)16-20-15-25-29(17-20)21-11-7-4-8-12-21/h3-12,15,17H,13-14,16,18H2,1-2H3,(H,26,31)/t24-/m1/s1. The van der Waals surface area contributed by atoms with Gasteiger partial charge < -0.3 is 5.32 Å². The highest BCUT2D eigenvalue weighted by Gasteiger charge is 2.47. The van der Waals surface area contributed by atoms with Crippen LogP contribution >= 0.6 is 0 Å². The molecule has 1 saturated heterocycles. The van der Waals surface area contributed by atoms with E-state index in [-0.39, 0.29) is 18.6 Å². The molecule has 3 amide bonds. The van der Waals surface area contributed by atoms with E-state index in [4.69, 9.17) is 0 Å². The lowest BCUT2D eigenvalue weighted by atomic mass is 9.93. The molecule has 7 heteroatoms. The van der Waals surface area contributed by atoms with E-state index >= 15 is 0 Å². The molecule has 7 nitrogen and oxygen atoms in total. The maximum atomic E-state index is 13.0. The zero-order valence-electron chi connectivity index (χ0n) is 17.9. The van der Waals surface area contributed by atoms with E-state index in [1.165, 1.54) is 4.90 Å². The lowest BCUT2D eigenvalue weighted by Crippen LogP contribution is -2.45. The molecule has 1 N–H and O–H groups in total. The first-order chi connectivity index (χ1) is 14.9.